The van der Waals surface area contributed by atoms with Gasteiger partial charge in [0.25, 0.3) is 5.91 Å². The van der Waals surface area contributed by atoms with Gasteiger partial charge in [-0.3, -0.25) is 9.48 Å². The number of hydrogen-bond donors (Lipinski definition) is 1. The number of para-hydroxylation sites is 2. The Morgan fingerprint density at radius 3 is 3.00 bits per heavy atom. The van der Waals surface area contributed by atoms with Crippen LogP contribution < -0.4 is 5.32 Å². The highest BCUT2D eigenvalue weighted by atomic mass is 16.3. The van der Waals surface area contributed by atoms with Crippen LogP contribution in [0.4, 0.5) is 0 Å². The Balaban J connectivity index is 1.49. The van der Waals surface area contributed by atoms with Crippen molar-refractivity contribution in [2.75, 3.05) is 6.54 Å². The van der Waals surface area contributed by atoms with Gasteiger partial charge in [0.2, 0.25) is 0 Å². The first-order chi connectivity index (χ1) is 11.3. The summed E-state index contributed by atoms with van der Waals surface area (Å²) in [5.74, 6) is 0.616. The van der Waals surface area contributed by atoms with E-state index in [1.54, 1.807) is 16.9 Å². The number of fused-ring (bicyclic) bond motifs is 1. The van der Waals surface area contributed by atoms with Crippen molar-refractivity contribution in [2.24, 2.45) is 0 Å². The molecule has 1 N–H and O–H groups in total. The molecular weight excluding hydrogens is 292 g/mol. The van der Waals surface area contributed by atoms with Crippen molar-refractivity contribution in [1.29, 1.82) is 0 Å². The summed E-state index contributed by atoms with van der Waals surface area (Å²) in [4.78, 5) is 16.6. The molecule has 0 saturated heterocycles. The lowest BCUT2D eigenvalue weighted by Crippen LogP contribution is -2.27. The van der Waals surface area contributed by atoms with Gasteiger partial charge in [0, 0.05) is 25.7 Å². The van der Waals surface area contributed by atoms with Gasteiger partial charge >= 0.3 is 0 Å². The zero-order chi connectivity index (χ0) is 16.1. The summed E-state index contributed by atoms with van der Waals surface area (Å²) in [5, 5.41) is 7.08. The number of carbonyl (C=O) groups is 1. The van der Waals surface area contributed by atoms with Crippen LogP contribution in [0.25, 0.3) is 11.1 Å². The Labute approximate surface area is 134 Å². The third-order valence-corrected chi connectivity index (χ3v) is 3.58. The lowest BCUT2D eigenvalue weighted by Gasteiger charge is -2.06. The van der Waals surface area contributed by atoms with E-state index < -0.39 is 0 Å². The molecule has 1 aromatic carbocycles. The molecule has 3 rings (SSSR count). The molecule has 0 radical (unpaired) electrons. The van der Waals surface area contributed by atoms with E-state index in [4.69, 9.17) is 4.42 Å². The average molecular weight is 312 g/mol. The molecule has 0 saturated carbocycles. The highest BCUT2D eigenvalue weighted by molar-refractivity contribution is 5.92. The minimum Gasteiger partial charge on any atom is -0.441 e. The van der Waals surface area contributed by atoms with Gasteiger partial charge in [-0.25, -0.2) is 4.98 Å². The summed E-state index contributed by atoms with van der Waals surface area (Å²) < 4.78 is 7.39. The molecule has 0 aliphatic heterocycles. The summed E-state index contributed by atoms with van der Waals surface area (Å²) in [6.07, 6.45) is 4.08. The first-order valence-electron chi connectivity index (χ1n) is 7.92. The average Bonchev–Trinajstić information content (AvgIpc) is 3.17. The third kappa shape index (κ3) is 3.59. The Hall–Kier alpha value is -2.63. The third-order valence-electron chi connectivity index (χ3n) is 3.58. The van der Waals surface area contributed by atoms with Crippen LogP contribution >= 0.6 is 0 Å². The molecule has 0 spiro atoms. The molecule has 0 atom stereocenters. The molecule has 3 aromatic rings. The Kier molecular flexibility index (Phi) is 4.71. The fourth-order valence-corrected chi connectivity index (χ4v) is 2.47. The fraction of sp³-hybridized carbons (Fsp3) is 0.353. The number of aromatic nitrogens is 3. The predicted octanol–water partition coefficient (Wildman–Crippen LogP) is 2.80. The number of amides is 1. The van der Waals surface area contributed by atoms with Crippen LogP contribution in [0.15, 0.2) is 40.9 Å². The van der Waals surface area contributed by atoms with Crippen molar-refractivity contribution < 1.29 is 9.21 Å². The SMILES string of the molecule is CCCn1nccc1C(=O)NCCCc1nc2ccccc2o1. The largest absolute Gasteiger partial charge is 0.441 e. The van der Waals surface area contributed by atoms with Gasteiger partial charge in [0.05, 0.1) is 0 Å². The van der Waals surface area contributed by atoms with E-state index in [0.29, 0.717) is 24.6 Å². The molecule has 6 nitrogen and oxygen atoms in total. The van der Waals surface area contributed by atoms with E-state index in [1.807, 2.05) is 24.3 Å². The van der Waals surface area contributed by atoms with E-state index in [-0.39, 0.29) is 5.91 Å². The van der Waals surface area contributed by atoms with E-state index in [1.165, 1.54) is 0 Å². The molecule has 23 heavy (non-hydrogen) atoms. The maximum atomic E-state index is 12.1. The van der Waals surface area contributed by atoms with Gasteiger partial charge in [-0.1, -0.05) is 19.1 Å². The second-order valence-electron chi connectivity index (χ2n) is 5.37. The maximum Gasteiger partial charge on any atom is 0.269 e. The number of benzene rings is 1. The molecular formula is C17H20N4O2. The number of nitrogens with one attached hydrogen (secondary N) is 1. The molecule has 2 aromatic heterocycles. The normalized spacial score (nSPS) is 11.0. The number of rotatable bonds is 7. The van der Waals surface area contributed by atoms with Crippen molar-refractivity contribution in [3.05, 3.63) is 48.1 Å². The second-order valence-corrected chi connectivity index (χ2v) is 5.37. The lowest BCUT2D eigenvalue weighted by molar-refractivity contribution is 0.0942. The van der Waals surface area contributed by atoms with Crippen LogP contribution in [0, 0.1) is 0 Å². The van der Waals surface area contributed by atoms with Crippen LogP contribution in [-0.4, -0.2) is 27.2 Å². The molecule has 0 unspecified atom stereocenters. The van der Waals surface area contributed by atoms with Crippen LogP contribution in [0.2, 0.25) is 0 Å². The highest BCUT2D eigenvalue weighted by Crippen LogP contribution is 2.15. The Morgan fingerprint density at radius 1 is 1.30 bits per heavy atom. The molecule has 0 fully saturated rings. The van der Waals surface area contributed by atoms with E-state index >= 15 is 0 Å². The van der Waals surface area contributed by atoms with Crippen molar-refractivity contribution in [3.63, 3.8) is 0 Å². The van der Waals surface area contributed by atoms with Crippen molar-refractivity contribution in [2.45, 2.75) is 32.7 Å². The Morgan fingerprint density at radius 2 is 2.17 bits per heavy atom. The van der Waals surface area contributed by atoms with E-state index in [9.17, 15) is 4.79 Å². The zero-order valence-corrected chi connectivity index (χ0v) is 13.2. The second kappa shape index (κ2) is 7.09. The first kappa shape index (κ1) is 15.3. The topological polar surface area (TPSA) is 73.0 Å². The smallest absolute Gasteiger partial charge is 0.269 e. The quantitative estimate of drug-likeness (QED) is 0.681. The summed E-state index contributed by atoms with van der Waals surface area (Å²) in [6.45, 7) is 3.39. The Bertz CT molecular complexity index is 758. The van der Waals surface area contributed by atoms with Crippen LogP contribution in [0.3, 0.4) is 0 Å². The van der Waals surface area contributed by atoms with Gasteiger partial charge in [0.15, 0.2) is 11.5 Å². The van der Waals surface area contributed by atoms with Crippen molar-refractivity contribution >= 4 is 17.0 Å². The molecule has 6 heteroatoms. The van der Waals surface area contributed by atoms with Gasteiger partial charge < -0.3 is 9.73 Å². The van der Waals surface area contributed by atoms with Crippen molar-refractivity contribution in [3.8, 4) is 0 Å². The number of carbonyl (C=O) groups excluding carboxylic acids is 1. The summed E-state index contributed by atoms with van der Waals surface area (Å²) in [5.41, 5.74) is 2.28. The van der Waals surface area contributed by atoms with Crippen LogP contribution in [0.1, 0.15) is 36.1 Å². The number of hydrogen-bond acceptors (Lipinski definition) is 4. The molecule has 0 aliphatic rings. The number of nitrogens with zero attached hydrogens (tertiary/aromatic N) is 3. The molecule has 2 heterocycles. The van der Waals surface area contributed by atoms with Crippen LogP contribution in [0.5, 0.6) is 0 Å². The first-order valence-corrected chi connectivity index (χ1v) is 7.92. The molecule has 1 amide bonds. The monoisotopic (exact) mass is 312 g/mol. The highest BCUT2D eigenvalue weighted by Gasteiger charge is 2.11. The van der Waals surface area contributed by atoms with Gasteiger partial charge in [-0.2, -0.15) is 5.10 Å². The minimum atomic E-state index is -0.0893. The summed E-state index contributed by atoms with van der Waals surface area (Å²) >= 11 is 0. The van der Waals surface area contributed by atoms with Gasteiger partial charge in [-0.15, -0.1) is 0 Å². The summed E-state index contributed by atoms with van der Waals surface area (Å²) in [6, 6.07) is 9.44. The maximum absolute atomic E-state index is 12.1. The minimum absolute atomic E-state index is 0.0893. The van der Waals surface area contributed by atoms with Crippen LogP contribution in [-0.2, 0) is 13.0 Å². The number of aryl methyl sites for hydroxylation is 2. The van der Waals surface area contributed by atoms with Gasteiger partial charge in [0.1, 0.15) is 11.2 Å². The molecule has 0 bridgehead atoms. The zero-order valence-electron chi connectivity index (χ0n) is 13.2. The van der Waals surface area contributed by atoms with Crippen molar-refractivity contribution in [1.82, 2.24) is 20.1 Å². The molecule has 0 aliphatic carbocycles. The lowest BCUT2D eigenvalue weighted by atomic mass is 10.3. The molecule has 120 valence electrons. The summed E-state index contributed by atoms with van der Waals surface area (Å²) in [7, 11) is 0. The standard InChI is InChI=1S/C17H20N4O2/c1-2-12-21-14(9-11-19-21)17(22)18-10-5-8-16-20-13-6-3-4-7-15(13)23-16/h3-4,6-7,9,11H,2,5,8,10,12H2,1H3,(H,18,22). The van der Waals surface area contributed by atoms with E-state index in [0.717, 1.165) is 30.5 Å². The van der Waals surface area contributed by atoms with Gasteiger partial charge in [-0.05, 0) is 31.0 Å². The fourth-order valence-electron chi connectivity index (χ4n) is 2.47. The number of oxazole rings is 1. The predicted molar refractivity (Wildman–Crippen MR) is 87.2 cm³/mol. The van der Waals surface area contributed by atoms with E-state index in [2.05, 4.69) is 22.3 Å².